The molecule has 0 aliphatic carbocycles. The van der Waals surface area contributed by atoms with Gasteiger partial charge in [0.15, 0.2) is 11.6 Å². The van der Waals surface area contributed by atoms with Crippen molar-refractivity contribution in [2.45, 2.75) is 13.0 Å². The number of rotatable bonds is 5. The molecular weight excluding hydrogens is 270 g/mol. The highest BCUT2D eigenvalue weighted by Crippen LogP contribution is 2.24. The number of aliphatic hydroxyl groups is 1. The Balaban J connectivity index is 2.08. The van der Waals surface area contributed by atoms with Crippen LogP contribution in [0, 0.1) is 11.6 Å². The molecule has 1 heterocycles. The van der Waals surface area contributed by atoms with Crippen molar-refractivity contribution in [1.82, 2.24) is 10.2 Å². The van der Waals surface area contributed by atoms with Gasteiger partial charge in [0.25, 0.3) is 11.8 Å². The number of amides is 2. The van der Waals surface area contributed by atoms with E-state index in [-0.39, 0.29) is 17.7 Å². The lowest BCUT2D eigenvalue weighted by molar-refractivity contribution is 0.0654. The highest BCUT2D eigenvalue weighted by Gasteiger charge is 2.36. The van der Waals surface area contributed by atoms with Crippen LogP contribution in [0.3, 0.4) is 0 Å². The van der Waals surface area contributed by atoms with Crippen molar-refractivity contribution in [3.05, 3.63) is 34.9 Å². The average Bonchev–Trinajstić information content (AvgIpc) is 2.60. The third-order valence-corrected chi connectivity index (χ3v) is 2.96. The monoisotopic (exact) mass is 284 g/mol. The quantitative estimate of drug-likeness (QED) is 0.611. The van der Waals surface area contributed by atoms with Crippen LogP contribution >= 0.6 is 0 Å². The SMILES string of the molecule is CC(O)CNCCN1C(=O)c2cc(F)c(F)cc2C1=O. The highest BCUT2D eigenvalue weighted by molar-refractivity contribution is 6.21. The molecule has 2 N–H and O–H groups in total. The molecule has 1 atom stereocenters. The van der Waals surface area contributed by atoms with Crippen molar-refractivity contribution in [3.63, 3.8) is 0 Å². The number of aliphatic hydroxyl groups excluding tert-OH is 1. The summed E-state index contributed by atoms with van der Waals surface area (Å²) in [5.41, 5.74) is -0.242. The fourth-order valence-electron chi connectivity index (χ4n) is 1.99. The molecule has 0 bridgehead atoms. The largest absolute Gasteiger partial charge is 0.392 e. The maximum atomic E-state index is 13.1. The molecule has 0 aromatic heterocycles. The smallest absolute Gasteiger partial charge is 0.261 e. The summed E-state index contributed by atoms with van der Waals surface area (Å²) in [6.07, 6.45) is -0.541. The lowest BCUT2D eigenvalue weighted by Crippen LogP contribution is -2.37. The summed E-state index contributed by atoms with van der Waals surface area (Å²) in [6.45, 7) is 2.29. The molecule has 0 saturated carbocycles. The Kier molecular flexibility index (Phi) is 4.10. The van der Waals surface area contributed by atoms with Gasteiger partial charge < -0.3 is 10.4 Å². The van der Waals surface area contributed by atoms with E-state index >= 15 is 0 Å². The van der Waals surface area contributed by atoms with E-state index in [1.807, 2.05) is 0 Å². The van der Waals surface area contributed by atoms with E-state index in [1.54, 1.807) is 6.92 Å². The lowest BCUT2D eigenvalue weighted by Gasteiger charge is -2.14. The molecule has 20 heavy (non-hydrogen) atoms. The van der Waals surface area contributed by atoms with Crippen LogP contribution in [0.2, 0.25) is 0 Å². The second kappa shape index (κ2) is 5.64. The summed E-state index contributed by atoms with van der Waals surface area (Å²) in [4.78, 5) is 24.8. The first-order valence-electron chi connectivity index (χ1n) is 6.16. The molecule has 2 rings (SSSR count). The zero-order valence-corrected chi connectivity index (χ0v) is 10.8. The minimum Gasteiger partial charge on any atom is -0.392 e. The number of imide groups is 1. The fraction of sp³-hybridized carbons (Fsp3) is 0.385. The second-order valence-electron chi connectivity index (χ2n) is 4.63. The summed E-state index contributed by atoms with van der Waals surface area (Å²) in [5.74, 6) is -3.58. The highest BCUT2D eigenvalue weighted by atomic mass is 19.2. The van der Waals surface area contributed by atoms with Gasteiger partial charge in [-0.15, -0.1) is 0 Å². The molecule has 1 unspecified atom stereocenters. The van der Waals surface area contributed by atoms with Gasteiger partial charge in [-0.1, -0.05) is 0 Å². The molecule has 0 saturated heterocycles. The van der Waals surface area contributed by atoms with Gasteiger partial charge in [-0.2, -0.15) is 0 Å². The van der Waals surface area contributed by atoms with Gasteiger partial charge in [-0.05, 0) is 19.1 Å². The predicted molar refractivity (Wildman–Crippen MR) is 66.3 cm³/mol. The zero-order chi connectivity index (χ0) is 14.9. The number of fused-ring (bicyclic) bond motifs is 1. The number of nitrogens with zero attached hydrogens (tertiary/aromatic N) is 1. The van der Waals surface area contributed by atoms with Crippen LogP contribution in [0.15, 0.2) is 12.1 Å². The number of carbonyl (C=O) groups excluding carboxylic acids is 2. The van der Waals surface area contributed by atoms with Crippen LogP contribution in [0.4, 0.5) is 8.78 Å². The van der Waals surface area contributed by atoms with Crippen molar-refractivity contribution in [2.24, 2.45) is 0 Å². The Labute approximate surface area is 114 Å². The van der Waals surface area contributed by atoms with Gasteiger partial charge in [0.2, 0.25) is 0 Å². The van der Waals surface area contributed by atoms with E-state index in [2.05, 4.69) is 5.32 Å². The Hall–Kier alpha value is -1.86. The molecule has 0 radical (unpaired) electrons. The molecule has 1 aliphatic heterocycles. The number of nitrogens with one attached hydrogen (secondary N) is 1. The topological polar surface area (TPSA) is 69.6 Å². The minimum absolute atomic E-state index is 0.0717. The number of benzene rings is 1. The van der Waals surface area contributed by atoms with Crippen molar-refractivity contribution < 1.29 is 23.5 Å². The van der Waals surface area contributed by atoms with Crippen LogP contribution in [0.1, 0.15) is 27.6 Å². The van der Waals surface area contributed by atoms with Gasteiger partial charge in [0, 0.05) is 19.6 Å². The van der Waals surface area contributed by atoms with Gasteiger partial charge in [-0.3, -0.25) is 14.5 Å². The normalized spacial score (nSPS) is 15.7. The summed E-state index contributed by atoms with van der Waals surface area (Å²) < 4.78 is 26.2. The molecule has 2 amide bonds. The van der Waals surface area contributed by atoms with E-state index in [0.717, 1.165) is 17.0 Å². The second-order valence-corrected chi connectivity index (χ2v) is 4.63. The number of hydrogen-bond acceptors (Lipinski definition) is 4. The first-order chi connectivity index (χ1) is 9.41. The molecule has 108 valence electrons. The number of halogens is 2. The predicted octanol–water partition coefficient (Wildman–Crippen LogP) is 0.531. The molecule has 5 nitrogen and oxygen atoms in total. The van der Waals surface area contributed by atoms with Crippen LogP contribution in [0.25, 0.3) is 0 Å². The van der Waals surface area contributed by atoms with Crippen molar-refractivity contribution in [3.8, 4) is 0 Å². The van der Waals surface area contributed by atoms with E-state index < -0.39 is 29.6 Å². The van der Waals surface area contributed by atoms with Crippen LogP contribution in [0.5, 0.6) is 0 Å². The standard InChI is InChI=1S/C13H14F2N2O3/c1-7(18)6-16-2-3-17-12(19)8-4-10(14)11(15)5-9(8)13(17)20/h4-5,7,16,18H,2-3,6H2,1H3. The van der Waals surface area contributed by atoms with Crippen LogP contribution in [-0.2, 0) is 0 Å². The Morgan fingerprint density at radius 3 is 2.15 bits per heavy atom. The van der Waals surface area contributed by atoms with Crippen LogP contribution in [-0.4, -0.2) is 47.6 Å². The first-order valence-corrected chi connectivity index (χ1v) is 6.16. The van der Waals surface area contributed by atoms with Crippen molar-refractivity contribution in [2.75, 3.05) is 19.6 Å². The van der Waals surface area contributed by atoms with Crippen molar-refractivity contribution >= 4 is 11.8 Å². The molecule has 0 spiro atoms. The van der Waals surface area contributed by atoms with E-state index in [1.165, 1.54) is 0 Å². The maximum Gasteiger partial charge on any atom is 0.261 e. The molecule has 1 aliphatic rings. The minimum atomic E-state index is -1.15. The lowest BCUT2D eigenvalue weighted by atomic mass is 10.1. The Bertz CT molecular complexity index is 520. The zero-order valence-electron chi connectivity index (χ0n) is 10.8. The first kappa shape index (κ1) is 14.5. The Morgan fingerprint density at radius 2 is 1.70 bits per heavy atom. The van der Waals surface area contributed by atoms with Crippen LogP contribution < -0.4 is 5.32 Å². The number of carbonyl (C=O) groups is 2. The van der Waals surface area contributed by atoms with Gasteiger partial charge in [0.1, 0.15) is 0 Å². The summed E-state index contributed by atoms with van der Waals surface area (Å²) in [5, 5.41) is 11.9. The summed E-state index contributed by atoms with van der Waals surface area (Å²) >= 11 is 0. The van der Waals surface area contributed by atoms with Gasteiger partial charge >= 0.3 is 0 Å². The van der Waals surface area contributed by atoms with Gasteiger partial charge in [0.05, 0.1) is 17.2 Å². The average molecular weight is 284 g/mol. The molecule has 0 fully saturated rings. The molecular formula is C13H14F2N2O3. The maximum absolute atomic E-state index is 13.1. The summed E-state index contributed by atoms with van der Waals surface area (Å²) in [6, 6.07) is 1.49. The number of hydrogen-bond donors (Lipinski definition) is 2. The van der Waals surface area contributed by atoms with E-state index in [4.69, 9.17) is 5.11 Å². The molecule has 1 aromatic carbocycles. The molecule has 7 heteroatoms. The van der Waals surface area contributed by atoms with E-state index in [0.29, 0.717) is 13.1 Å². The van der Waals surface area contributed by atoms with E-state index in [9.17, 15) is 18.4 Å². The third-order valence-electron chi connectivity index (χ3n) is 2.96. The van der Waals surface area contributed by atoms with Gasteiger partial charge in [-0.25, -0.2) is 8.78 Å². The third kappa shape index (κ3) is 2.68. The fourth-order valence-corrected chi connectivity index (χ4v) is 1.99. The summed E-state index contributed by atoms with van der Waals surface area (Å²) in [7, 11) is 0. The molecule has 1 aromatic rings. The van der Waals surface area contributed by atoms with Crippen molar-refractivity contribution in [1.29, 1.82) is 0 Å². The Morgan fingerprint density at radius 1 is 1.20 bits per heavy atom.